The molecule has 0 saturated carbocycles. The highest BCUT2D eigenvalue weighted by atomic mass is 35.5. The topological polar surface area (TPSA) is 37.0 Å². The summed E-state index contributed by atoms with van der Waals surface area (Å²) >= 11 is 6.00. The SMILES string of the molecule is CCCCCNCCCNc1ccnc2cc(Cl)ccc12. The minimum absolute atomic E-state index is 0.725. The largest absolute Gasteiger partial charge is 0.384 e. The second-order valence-electron chi connectivity index (χ2n) is 5.26. The fraction of sp³-hybridized carbons (Fsp3) is 0.471. The summed E-state index contributed by atoms with van der Waals surface area (Å²) in [6.45, 7) is 5.38. The Morgan fingerprint density at radius 1 is 1.05 bits per heavy atom. The maximum atomic E-state index is 6.00. The fourth-order valence-electron chi connectivity index (χ4n) is 2.34. The molecule has 2 aromatic rings. The standard InChI is InChI=1S/C17H24ClN3/c1-2-3-4-9-19-10-5-11-20-16-8-12-21-17-13-14(18)6-7-15(16)17/h6-8,12-13,19H,2-5,9-11H2,1H3,(H,20,21). The Morgan fingerprint density at radius 3 is 2.76 bits per heavy atom. The summed E-state index contributed by atoms with van der Waals surface area (Å²) in [7, 11) is 0. The molecule has 0 fully saturated rings. The van der Waals surface area contributed by atoms with Crippen LogP contribution in [0.2, 0.25) is 5.02 Å². The van der Waals surface area contributed by atoms with Crippen molar-refractivity contribution in [2.45, 2.75) is 32.6 Å². The quantitative estimate of drug-likeness (QED) is 0.671. The van der Waals surface area contributed by atoms with Crippen molar-refractivity contribution in [3.05, 3.63) is 35.5 Å². The zero-order valence-corrected chi connectivity index (χ0v) is 13.4. The van der Waals surface area contributed by atoms with Crippen LogP contribution >= 0.6 is 11.6 Å². The molecule has 1 aromatic heterocycles. The molecule has 3 nitrogen and oxygen atoms in total. The van der Waals surface area contributed by atoms with Gasteiger partial charge in [0.15, 0.2) is 0 Å². The second kappa shape index (κ2) is 8.85. The summed E-state index contributed by atoms with van der Waals surface area (Å²) in [6, 6.07) is 7.85. The normalized spacial score (nSPS) is 11.0. The average molecular weight is 306 g/mol. The number of nitrogens with zero attached hydrogens (tertiary/aromatic N) is 1. The molecule has 0 spiro atoms. The average Bonchev–Trinajstić information content (AvgIpc) is 2.49. The maximum Gasteiger partial charge on any atom is 0.0737 e. The number of fused-ring (bicyclic) bond motifs is 1. The Kier molecular flexibility index (Phi) is 6.77. The van der Waals surface area contributed by atoms with Crippen molar-refractivity contribution in [1.29, 1.82) is 0 Å². The third kappa shape index (κ3) is 5.18. The summed E-state index contributed by atoms with van der Waals surface area (Å²) in [5.74, 6) is 0. The Hall–Kier alpha value is -1.32. The van der Waals surface area contributed by atoms with E-state index in [2.05, 4.69) is 22.5 Å². The van der Waals surface area contributed by atoms with Crippen LogP contribution in [0, 0.1) is 0 Å². The van der Waals surface area contributed by atoms with Crippen LogP contribution in [-0.2, 0) is 0 Å². The molecule has 0 aliphatic heterocycles. The predicted molar refractivity (Wildman–Crippen MR) is 92.3 cm³/mol. The first-order valence-corrected chi connectivity index (χ1v) is 8.18. The molecule has 114 valence electrons. The number of nitrogens with one attached hydrogen (secondary N) is 2. The fourth-order valence-corrected chi connectivity index (χ4v) is 2.50. The lowest BCUT2D eigenvalue weighted by Gasteiger charge is -2.10. The molecule has 2 rings (SSSR count). The van der Waals surface area contributed by atoms with Crippen molar-refractivity contribution < 1.29 is 0 Å². The highest BCUT2D eigenvalue weighted by Crippen LogP contribution is 2.24. The maximum absolute atomic E-state index is 6.00. The second-order valence-corrected chi connectivity index (χ2v) is 5.69. The molecule has 0 radical (unpaired) electrons. The van der Waals surface area contributed by atoms with E-state index in [0.717, 1.165) is 47.7 Å². The molecular formula is C17H24ClN3. The van der Waals surface area contributed by atoms with Gasteiger partial charge in [-0.3, -0.25) is 4.98 Å². The van der Waals surface area contributed by atoms with Gasteiger partial charge >= 0.3 is 0 Å². The Morgan fingerprint density at radius 2 is 1.90 bits per heavy atom. The van der Waals surface area contributed by atoms with E-state index in [-0.39, 0.29) is 0 Å². The van der Waals surface area contributed by atoms with Gasteiger partial charge in [-0.15, -0.1) is 0 Å². The van der Waals surface area contributed by atoms with E-state index < -0.39 is 0 Å². The molecule has 0 atom stereocenters. The van der Waals surface area contributed by atoms with Gasteiger partial charge in [0.05, 0.1) is 5.52 Å². The van der Waals surface area contributed by atoms with Gasteiger partial charge in [-0.05, 0) is 50.2 Å². The number of aromatic nitrogens is 1. The molecule has 0 saturated heterocycles. The van der Waals surface area contributed by atoms with Gasteiger partial charge in [0.2, 0.25) is 0 Å². The minimum atomic E-state index is 0.725. The number of pyridine rings is 1. The highest BCUT2D eigenvalue weighted by Gasteiger charge is 2.01. The summed E-state index contributed by atoms with van der Waals surface area (Å²) < 4.78 is 0. The first-order valence-electron chi connectivity index (χ1n) is 7.80. The van der Waals surface area contributed by atoms with Crippen molar-refractivity contribution >= 4 is 28.2 Å². The van der Waals surface area contributed by atoms with Gasteiger partial charge in [-0.1, -0.05) is 31.4 Å². The van der Waals surface area contributed by atoms with E-state index in [1.165, 1.54) is 19.3 Å². The monoisotopic (exact) mass is 305 g/mol. The first-order chi connectivity index (χ1) is 10.3. The summed E-state index contributed by atoms with van der Waals surface area (Å²) in [4.78, 5) is 4.35. The van der Waals surface area contributed by atoms with Crippen LogP contribution in [0.5, 0.6) is 0 Å². The molecule has 1 heterocycles. The summed E-state index contributed by atoms with van der Waals surface area (Å²) in [6.07, 6.45) is 6.81. The number of halogens is 1. The van der Waals surface area contributed by atoms with E-state index in [0.29, 0.717) is 0 Å². The van der Waals surface area contributed by atoms with Gasteiger partial charge < -0.3 is 10.6 Å². The molecular weight excluding hydrogens is 282 g/mol. The van der Waals surface area contributed by atoms with Crippen molar-refractivity contribution in [2.24, 2.45) is 0 Å². The summed E-state index contributed by atoms with van der Waals surface area (Å²) in [5.41, 5.74) is 2.06. The third-order valence-corrected chi connectivity index (χ3v) is 3.74. The number of anilines is 1. The number of unbranched alkanes of at least 4 members (excludes halogenated alkanes) is 2. The van der Waals surface area contributed by atoms with Gasteiger partial charge in [-0.25, -0.2) is 0 Å². The van der Waals surface area contributed by atoms with E-state index >= 15 is 0 Å². The lowest BCUT2D eigenvalue weighted by atomic mass is 10.2. The number of rotatable bonds is 9. The molecule has 4 heteroatoms. The zero-order valence-electron chi connectivity index (χ0n) is 12.7. The van der Waals surface area contributed by atoms with Gasteiger partial charge in [0, 0.05) is 28.8 Å². The molecule has 0 unspecified atom stereocenters. The van der Waals surface area contributed by atoms with Crippen LogP contribution in [0.3, 0.4) is 0 Å². The Balaban J connectivity index is 1.76. The van der Waals surface area contributed by atoms with Gasteiger partial charge in [-0.2, -0.15) is 0 Å². The molecule has 0 aliphatic rings. The third-order valence-electron chi connectivity index (χ3n) is 3.51. The Labute approximate surface area is 132 Å². The molecule has 0 bridgehead atoms. The van der Waals surface area contributed by atoms with Crippen LogP contribution in [-0.4, -0.2) is 24.6 Å². The van der Waals surface area contributed by atoms with E-state index in [9.17, 15) is 0 Å². The zero-order chi connectivity index (χ0) is 14.9. The number of hydrogen-bond acceptors (Lipinski definition) is 3. The summed E-state index contributed by atoms with van der Waals surface area (Å²) in [5, 5.41) is 8.82. The molecule has 0 amide bonds. The van der Waals surface area contributed by atoms with Crippen molar-refractivity contribution in [1.82, 2.24) is 10.3 Å². The lowest BCUT2D eigenvalue weighted by Crippen LogP contribution is -2.19. The molecule has 0 aliphatic carbocycles. The van der Waals surface area contributed by atoms with Crippen molar-refractivity contribution in [3.63, 3.8) is 0 Å². The van der Waals surface area contributed by atoms with Crippen LogP contribution in [0.25, 0.3) is 10.9 Å². The lowest BCUT2D eigenvalue weighted by molar-refractivity contribution is 0.606. The van der Waals surface area contributed by atoms with E-state index in [1.54, 1.807) is 0 Å². The van der Waals surface area contributed by atoms with E-state index in [4.69, 9.17) is 11.6 Å². The first kappa shape index (κ1) is 16.1. The van der Waals surface area contributed by atoms with Crippen LogP contribution in [0.4, 0.5) is 5.69 Å². The van der Waals surface area contributed by atoms with Gasteiger partial charge in [0.1, 0.15) is 0 Å². The van der Waals surface area contributed by atoms with Crippen LogP contribution < -0.4 is 10.6 Å². The van der Waals surface area contributed by atoms with Crippen LogP contribution in [0.1, 0.15) is 32.6 Å². The predicted octanol–water partition coefficient (Wildman–Crippen LogP) is 4.47. The molecule has 1 aromatic carbocycles. The molecule has 21 heavy (non-hydrogen) atoms. The smallest absolute Gasteiger partial charge is 0.0737 e. The van der Waals surface area contributed by atoms with Crippen molar-refractivity contribution in [2.75, 3.05) is 25.0 Å². The van der Waals surface area contributed by atoms with E-state index in [1.807, 2.05) is 30.5 Å². The van der Waals surface area contributed by atoms with Crippen LogP contribution in [0.15, 0.2) is 30.5 Å². The number of hydrogen-bond donors (Lipinski definition) is 2. The Bertz CT molecular complexity index is 557. The molecule has 2 N–H and O–H groups in total. The van der Waals surface area contributed by atoms with Gasteiger partial charge in [0.25, 0.3) is 0 Å². The highest BCUT2D eigenvalue weighted by molar-refractivity contribution is 6.31. The minimum Gasteiger partial charge on any atom is -0.384 e. The van der Waals surface area contributed by atoms with Crippen molar-refractivity contribution in [3.8, 4) is 0 Å². The number of benzene rings is 1.